The summed E-state index contributed by atoms with van der Waals surface area (Å²) in [5.41, 5.74) is 7.78. The number of aryl methyl sites for hydroxylation is 2. The van der Waals surface area contributed by atoms with Gasteiger partial charge >= 0.3 is 0 Å². The molecule has 2 heterocycles. The molecule has 3 aromatic carbocycles. The minimum absolute atomic E-state index is 0.0513. The van der Waals surface area contributed by atoms with E-state index in [0.717, 1.165) is 28.8 Å². The van der Waals surface area contributed by atoms with Gasteiger partial charge in [-0.3, -0.25) is 4.90 Å². The Morgan fingerprint density at radius 2 is 1.82 bits per heavy atom. The lowest BCUT2D eigenvalue weighted by molar-refractivity contribution is -0.755. The summed E-state index contributed by atoms with van der Waals surface area (Å²) in [5.74, 6) is 0.184. The van der Waals surface area contributed by atoms with Crippen LogP contribution in [0.15, 0.2) is 88.3 Å². The van der Waals surface area contributed by atoms with Gasteiger partial charge in [-0.2, -0.15) is 0 Å². The third kappa shape index (κ3) is 5.54. The number of nitrogens with zero attached hydrogens (tertiary/aromatic N) is 1. The second kappa shape index (κ2) is 10.6. The molecule has 0 radical (unpaired) electrons. The first kappa shape index (κ1) is 26.6. The third-order valence-electron chi connectivity index (χ3n) is 7.18. The fourth-order valence-corrected chi connectivity index (χ4v) is 6.50. The number of quaternary nitrogens is 1. The molecule has 2 aliphatic rings. The number of fused-ring (bicyclic) bond motifs is 2. The van der Waals surface area contributed by atoms with Gasteiger partial charge in [-0.05, 0) is 84.1 Å². The molecule has 0 bridgehead atoms. The van der Waals surface area contributed by atoms with Gasteiger partial charge in [0.25, 0.3) is 0 Å². The van der Waals surface area contributed by atoms with Crippen molar-refractivity contribution < 1.29 is 22.6 Å². The molecule has 5 rings (SSSR count). The third-order valence-corrected chi connectivity index (χ3v) is 9.07. The van der Waals surface area contributed by atoms with E-state index >= 15 is 0 Å². The van der Waals surface area contributed by atoms with E-state index in [1.807, 2.05) is 59.5 Å². The van der Waals surface area contributed by atoms with E-state index in [1.54, 1.807) is 11.8 Å². The van der Waals surface area contributed by atoms with Crippen molar-refractivity contribution in [2.45, 2.75) is 38.3 Å². The van der Waals surface area contributed by atoms with Crippen molar-refractivity contribution in [3.05, 3.63) is 94.5 Å². The lowest BCUT2D eigenvalue weighted by atomic mass is 10.0. The number of benzene rings is 3. The van der Waals surface area contributed by atoms with E-state index in [-0.39, 0.29) is 6.54 Å². The smallest absolute Gasteiger partial charge is 0.192 e. The SMILES string of the molecule is CCC(=CC1Oc2ccc(-c3ccccc3)cc2N1CCS(=O)(=O)[O-])C=C1Sc2cc(C)c(C)cc2[NH+]1C. The zero-order valence-electron chi connectivity index (χ0n) is 22.0. The Morgan fingerprint density at radius 3 is 2.53 bits per heavy atom. The van der Waals surface area contributed by atoms with Crippen LogP contribution in [0.25, 0.3) is 11.1 Å². The number of hydrogen-bond donors (Lipinski definition) is 1. The molecule has 38 heavy (non-hydrogen) atoms. The highest BCUT2D eigenvalue weighted by Crippen LogP contribution is 2.41. The van der Waals surface area contributed by atoms with Crippen LogP contribution in [-0.2, 0) is 10.1 Å². The van der Waals surface area contributed by atoms with Gasteiger partial charge in [-0.15, -0.1) is 0 Å². The first-order chi connectivity index (χ1) is 18.1. The van der Waals surface area contributed by atoms with Gasteiger partial charge in [0.15, 0.2) is 16.9 Å². The van der Waals surface area contributed by atoms with E-state index in [4.69, 9.17) is 4.74 Å². The van der Waals surface area contributed by atoms with Crippen molar-refractivity contribution in [2.24, 2.45) is 0 Å². The van der Waals surface area contributed by atoms with Gasteiger partial charge in [-0.25, -0.2) is 8.42 Å². The second-order valence-corrected chi connectivity index (χ2v) is 12.4. The molecule has 0 amide bonds. The normalized spacial score (nSPS) is 20.0. The maximum absolute atomic E-state index is 11.5. The van der Waals surface area contributed by atoms with Crippen LogP contribution in [0, 0.1) is 13.8 Å². The van der Waals surface area contributed by atoms with Crippen molar-refractivity contribution in [2.75, 3.05) is 24.2 Å². The summed E-state index contributed by atoms with van der Waals surface area (Å²) >= 11 is 1.78. The Kier molecular flexibility index (Phi) is 7.42. The standard InChI is InChI=1S/C30H32N2O4S2/c1-5-22(18-30-31(4)26-15-20(2)21(3)16-28(26)37-30)17-29-32(13-14-38(33,34)35)25-19-24(11-12-27(25)36-29)23-9-7-6-8-10-23/h6-12,15-19,29H,5,13-14H2,1-4H3,(H,33,34,35). The monoisotopic (exact) mass is 548 g/mol. The van der Waals surface area contributed by atoms with Crippen LogP contribution >= 0.6 is 11.8 Å². The van der Waals surface area contributed by atoms with Gasteiger partial charge < -0.3 is 14.2 Å². The minimum Gasteiger partial charge on any atom is -0.748 e. The number of hydrogen-bond acceptors (Lipinski definition) is 6. The summed E-state index contributed by atoms with van der Waals surface area (Å²) in [7, 11) is -2.23. The highest BCUT2D eigenvalue weighted by Gasteiger charge is 2.32. The first-order valence-electron chi connectivity index (χ1n) is 12.7. The molecule has 2 atom stereocenters. The Hall–Kier alpha value is -3.04. The molecular weight excluding hydrogens is 516 g/mol. The fraction of sp³-hybridized carbons (Fsp3) is 0.267. The molecule has 0 saturated carbocycles. The van der Waals surface area contributed by atoms with Crippen molar-refractivity contribution in [1.29, 1.82) is 0 Å². The van der Waals surface area contributed by atoms with Gasteiger partial charge in [0, 0.05) is 18.7 Å². The van der Waals surface area contributed by atoms with E-state index in [2.05, 4.69) is 46.0 Å². The molecule has 6 nitrogen and oxygen atoms in total. The molecule has 0 aliphatic carbocycles. The number of nitrogens with one attached hydrogen (secondary N) is 1. The first-order valence-corrected chi connectivity index (χ1v) is 15.1. The van der Waals surface area contributed by atoms with Crippen molar-refractivity contribution in [3.63, 3.8) is 0 Å². The van der Waals surface area contributed by atoms with E-state index < -0.39 is 22.1 Å². The number of anilines is 1. The highest BCUT2D eigenvalue weighted by atomic mass is 32.2. The second-order valence-electron chi connectivity index (χ2n) is 9.78. The van der Waals surface area contributed by atoms with E-state index in [9.17, 15) is 13.0 Å². The maximum atomic E-state index is 11.5. The summed E-state index contributed by atoms with van der Waals surface area (Å²) in [6, 6.07) is 20.4. The van der Waals surface area contributed by atoms with Crippen LogP contribution in [0.4, 0.5) is 11.4 Å². The number of thioether (sulfide) groups is 1. The van der Waals surface area contributed by atoms with Crippen LogP contribution in [0.3, 0.4) is 0 Å². The van der Waals surface area contributed by atoms with Crippen LogP contribution in [0.2, 0.25) is 0 Å². The zero-order chi connectivity index (χ0) is 27.0. The average Bonchev–Trinajstić information content (AvgIpc) is 3.38. The predicted molar refractivity (Wildman–Crippen MR) is 153 cm³/mol. The lowest BCUT2D eigenvalue weighted by Gasteiger charge is -2.24. The largest absolute Gasteiger partial charge is 0.748 e. The quantitative estimate of drug-likeness (QED) is 0.411. The van der Waals surface area contributed by atoms with Crippen LogP contribution in [0.1, 0.15) is 24.5 Å². The van der Waals surface area contributed by atoms with Gasteiger partial charge in [0.2, 0.25) is 0 Å². The van der Waals surface area contributed by atoms with Gasteiger partial charge in [0.1, 0.15) is 5.75 Å². The molecular formula is C30H32N2O4S2. The molecule has 0 fully saturated rings. The molecule has 2 aliphatic heterocycles. The molecule has 3 aromatic rings. The topological polar surface area (TPSA) is 74.1 Å². The minimum atomic E-state index is -4.38. The molecule has 8 heteroatoms. The lowest BCUT2D eigenvalue weighted by Crippen LogP contribution is -3.00. The summed E-state index contributed by atoms with van der Waals surface area (Å²) in [6.07, 6.45) is 4.52. The van der Waals surface area contributed by atoms with Crippen LogP contribution in [-0.4, -0.2) is 38.5 Å². The van der Waals surface area contributed by atoms with E-state index in [0.29, 0.717) is 5.75 Å². The summed E-state index contributed by atoms with van der Waals surface area (Å²) in [4.78, 5) is 4.41. The average molecular weight is 549 g/mol. The Bertz CT molecular complexity index is 1530. The molecule has 1 N–H and O–H groups in total. The molecule has 0 aromatic heterocycles. The zero-order valence-corrected chi connectivity index (χ0v) is 23.7. The van der Waals surface area contributed by atoms with Crippen molar-refractivity contribution >= 4 is 33.3 Å². The molecule has 0 saturated heterocycles. The predicted octanol–water partition coefficient (Wildman–Crippen LogP) is 5.17. The molecule has 2 unspecified atom stereocenters. The van der Waals surface area contributed by atoms with Crippen LogP contribution < -0.4 is 14.5 Å². The van der Waals surface area contributed by atoms with Gasteiger partial charge in [0.05, 0.1) is 33.5 Å². The maximum Gasteiger partial charge on any atom is 0.192 e. The molecule has 198 valence electrons. The number of allylic oxidation sites excluding steroid dienone is 2. The summed E-state index contributed by atoms with van der Waals surface area (Å²) in [6.45, 7) is 6.43. The van der Waals surface area contributed by atoms with E-state index in [1.165, 1.54) is 31.6 Å². The van der Waals surface area contributed by atoms with Gasteiger partial charge in [-0.1, -0.05) is 43.3 Å². The Morgan fingerprint density at radius 1 is 1.08 bits per heavy atom. The van der Waals surface area contributed by atoms with Crippen molar-refractivity contribution in [1.82, 2.24) is 0 Å². The number of rotatable bonds is 7. The summed E-state index contributed by atoms with van der Waals surface area (Å²) in [5, 5.41) is 1.20. The fourth-order valence-electron chi connectivity index (χ4n) is 4.82. The number of ether oxygens (including phenoxy) is 1. The summed E-state index contributed by atoms with van der Waals surface area (Å²) < 4.78 is 40.9. The molecule has 0 spiro atoms. The highest BCUT2D eigenvalue weighted by molar-refractivity contribution is 8.03. The Labute approximate surface area is 229 Å². The van der Waals surface area contributed by atoms with Crippen molar-refractivity contribution in [3.8, 4) is 16.9 Å². The van der Waals surface area contributed by atoms with Crippen LogP contribution in [0.5, 0.6) is 5.75 Å². The Balaban J connectivity index is 1.47.